The minimum atomic E-state index is 0.240. The molecule has 0 amide bonds. The van der Waals surface area contributed by atoms with Gasteiger partial charge in [-0.15, -0.1) is 6.58 Å². The molecule has 0 aromatic heterocycles. The first-order chi connectivity index (χ1) is 26.9. The van der Waals surface area contributed by atoms with Gasteiger partial charge in [0.15, 0.2) is 0 Å². The third-order valence-electron chi connectivity index (χ3n) is 8.81. The van der Waals surface area contributed by atoms with Crippen molar-refractivity contribution in [3.63, 3.8) is 0 Å². The summed E-state index contributed by atoms with van der Waals surface area (Å²) in [5, 5.41) is 22.0. The zero-order chi connectivity index (χ0) is 42.2. The van der Waals surface area contributed by atoms with Gasteiger partial charge in [0.2, 0.25) is 0 Å². The second-order valence-corrected chi connectivity index (χ2v) is 13.3. The lowest BCUT2D eigenvalue weighted by Gasteiger charge is -2.18. The maximum absolute atomic E-state index is 11.6. The van der Waals surface area contributed by atoms with Crippen LogP contribution >= 0.6 is 0 Å². The third-order valence-corrected chi connectivity index (χ3v) is 8.81. The molecular formula is C52H70O4. The molecule has 4 nitrogen and oxygen atoms in total. The van der Waals surface area contributed by atoms with Crippen LogP contribution < -0.4 is 9.47 Å². The zero-order valence-corrected chi connectivity index (χ0v) is 36.8. The van der Waals surface area contributed by atoms with Gasteiger partial charge >= 0.3 is 0 Å². The van der Waals surface area contributed by atoms with Crippen LogP contribution in [0.5, 0.6) is 23.0 Å². The lowest BCUT2D eigenvalue weighted by Crippen LogP contribution is -2.04. The number of ether oxygens (including phenoxy) is 2. The van der Waals surface area contributed by atoms with Crippen molar-refractivity contribution in [2.45, 2.75) is 109 Å². The van der Waals surface area contributed by atoms with E-state index in [4.69, 9.17) is 9.47 Å². The monoisotopic (exact) mass is 759 g/mol. The van der Waals surface area contributed by atoms with Crippen LogP contribution in [-0.4, -0.2) is 23.4 Å². The smallest absolute Gasteiger partial charge is 0.131 e. The van der Waals surface area contributed by atoms with Gasteiger partial charge in [-0.3, -0.25) is 0 Å². The zero-order valence-electron chi connectivity index (χ0n) is 36.8. The van der Waals surface area contributed by atoms with Crippen LogP contribution in [0.3, 0.4) is 0 Å². The van der Waals surface area contributed by atoms with Gasteiger partial charge in [0.05, 0.1) is 13.2 Å². The van der Waals surface area contributed by atoms with Crippen molar-refractivity contribution in [3.8, 4) is 56.4 Å². The first-order valence-electron chi connectivity index (χ1n) is 20.3. The molecule has 5 aromatic carbocycles. The molecule has 0 spiro atoms. The van der Waals surface area contributed by atoms with Crippen molar-refractivity contribution in [1.82, 2.24) is 0 Å². The van der Waals surface area contributed by atoms with Gasteiger partial charge in [-0.2, -0.15) is 0 Å². The van der Waals surface area contributed by atoms with Gasteiger partial charge in [0.25, 0.3) is 0 Å². The Kier molecular flexibility index (Phi) is 23.1. The summed E-state index contributed by atoms with van der Waals surface area (Å²) in [6.07, 6.45) is 6.69. The molecule has 0 atom stereocenters. The number of unbranched alkanes of at least 4 members (excludes halogenated alkanes) is 1. The van der Waals surface area contributed by atoms with Crippen molar-refractivity contribution in [3.05, 3.63) is 143 Å². The highest BCUT2D eigenvalue weighted by Gasteiger charge is 2.18. The molecule has 0 aliphatic carbocycles. The summed E-state index contributed by atoms with van der Waals surface area (Å²) >= 11 is 0. The van der Waals surface area contributed by atoms with Crippen molar-refractivity contribution in [1.29, 1.82) is 0 Å². The minimum Gasteiger partial charge on any atom is -0.507 e. The summed E-state index contributed by atoms with van der Waals surface area (Å²) in [6.45, 7) is 31.0. The van der Waals surface area contributed by atoms with E-state index >= 15 is 0 Å². The fourth-order valence-corrected chi connectivity index (χ4v) is 6.05. The van der Waals surface area contributed by atoms with Crippen LogP contribution in [0.25, 0.3) is 33.4 Å². The molecule has 0 fully saturated rings. The molecule has 5 rings (SSSR count). The standard InChI is InChI=1S/C39H40O4.C6H12.C3H6.2C2H6/c1-25-16-17-35(40)32(22-25)30-12-6-8-14-36(30)42-18-10-11-19-43-37-15-9-7-13-31(37)33-23-27(3)24-34(39(33)41)38-28(4)20-26(2)21-29(38)5;1-4-6(3)5-2;1-3-2;2*1-2/h6-9,12-17,20-24,40-41H,10-11,18-19H2,1-5H3;4H,5H2,1-3H3;3H,1H2,2H3;2*1-2H3/b;6-4+;;;. The van der Waals surface area contributed by atoms with Gasteiger partial charge in [0.1, 0.15) is 23.0 Å². The number of benzene rings is 5. The van der Waals surface area contributed by atoms with Crippen LogP contribution in [0.4, 0.5) is 0 Å². The maximum Gasteiger partial charge on any atom is 0.131 e. The van der Waals surface area contributed by atoms with Crippen molar-refractivity contribution in [2.24, 2.45) is 0 Å². The van der Waals surface area contributed by atoms with Crippen LogP contribution in [0.1, 0.15) is 102 Å². The average Bonchev–Trinajstić information content (AvgIpc) is 3.20. The van der Waals surface area contributed by atoms with E-state index in [-0.39, 0.29) is 11.5 Å². The molecule has 302 valence electrons. The predicted octanol–water partition coefficient (Wildman–Crippen LogP) is 15.5. The lowest BCUT2D eigenvalue weighted by atomic mass is 9.89. The van der Waals surface area contributed by atoms with Crippen LogP contribution in [0.2, 0.25) is 0 Å². The highest BCUT2D eigenvalue weighted by atomic mass is 16.5. The Morgan fingerprint density at radius 2 is 1.02 bits per heavy atom. The van der Waals surface area contributed by atoms with E-state index in [1.807, 2.05) is 108 Å². The second kappa shape index (κ2) is 26.6. The number of hydrogen-bond donors (Lipinski definition) is 2. The summed E-state index contributed by atoms with van der Waals surface area (Å²) in [4.78, 5) is 0. The number of phenols is 2. The van der Waals surface area contributed by atoms with Crippen molar-refractivity contribution >= 4 is 0 Å². The van der Waals surface area contributed by atoms with E-state index in [1.165, 1.54) is 17.6 Å². The Balaban J connectivity index is 0.00000106. The Labute approximate surface area is 340 Å². The summed E-state index contributed by atoms with van der Waals surface area (Å²) in [5.41, 5.74) is 12.3. The topological polar surface area (TPSA) is 58.9 Å². The molecule has 0 unspecified atom stereocenters. The molecule has 4 heteroatoms. The van der Waals surface area contributed by atoms with Gasteiger partial charge in [0, 0.05) is 27.8 Å². The number of phenolic OH excluding ortho intramolecular Hbond substituents is 2. The van der Waals surface area contributed by atoms with E-state index in [0.29, 0.717) is 13.2 Å². The molecule has 0 aliphatic rings. The average molecular weight is 759 g/mol. The first-order valence-corrected chi connectivity index (χ1v) is 20.3. The molecular weight excluding hydrogens is 689 g/mol. The van der Waals surface area contributed by atoms with Crippen LogP contribution in [-0.2, 0) is 0 Å². The Bertz CT molecular complexity index is 1930. The van der Waals surface area contributed by atoms with E-state index in [9.17, 15) is 10.2 Å². The molecule has 0 saturated carbocycles. The lowest BCUT2D eigenvalue weighted by molar-refractivity contribution is 0.267. The Morgan fingerprint density at radius 3 is 1.48 bits per heavy atom. The number of aromatic hydroxyl groups is 2. The number of rotatable bonds is 11. The molecule has 0 aliphatic heterocycles. The molecule has 0 radical (unpaired) electrons. The van der Waals surface area contributed by atoms with Gasteiger partial charge < -0.3 is 19.7 Å². The number of allylic oxidation sites excluding steroid dienone is 3. The van der Waals surface area contributed by atoms with Crippen molar-refractivity contribution in [2.75, 3.05) is 13.2 Å². The number of para-hydroxylation sites is 2. The Hall–Kier alpha value is -5.22. The number of aryl methyl sites for hydroxylation is 5. The predicted molar refractivity (Wildman–Crippen MR) is 245 cm³/mol. The molecule has 0 saturated heterocycles. The maximum atomic E-state index is 11.6. The van der Waals surface area contributed by atoms with Crippen LogP contribution in [0, 0.1) is 34.6 Å². The largest absolute Gasteiger partial charge is 0.507 e. The van der Waals surface area contributed by atoms with E-state index in [1.54, 1.807) is 12.1 Å². The van der Waals surface area contributed by atoms with E-state index in [2.05, 4.69) is 79.3 Å². The normalized spacial score (nSPS) is 10.2. The van der Waals surface area contributed by atoms with Gasteiger partial charge in [-0.25, -0.2) is 0 Å². The number of hydrogen-bond acceptors (Lipinski definition) is 4. The summed E-state index contributed by atoms with van der Waals surface area (Å²) < 4.78 is 12.4. The minimum absolute atomic E-state index is 0.240. The van der Waals surface area contributed by atoms with E-state index < -0.39 is 0 Å². The highest BCUT2D eigenvalue weighted by Crippen LogP contribution is 2.44. The molecule has 0 bridgehead atoms. The molecule has 56 heavy (non-hydrogen) atoms. The SMILES string of the molecule is C/C=C(\C)CC.C=CC.CC.CC.Cc1cc(C)c(-c2cc(C)cc(-c3ccccc3OCCCCOc3ccccc3-c3cc(C)ccc3O)c2O)c(C)c1. The first kappa shape index (κ1) is 48.8. The summed E-state index contributed by atoms with van der Waals surface area (Å²) in [7, 11) is 0. The quantitative estimate of drug-likeness (QED) is 0.104. The fraction of sp³-hybridized carbons (Fsp3) is 0.346. The summed E-state index contributed by atoms with van der Waals surface area (Å²) in [6, 6.07) is 29.7. The van der Waals surface area contributed by atoms with Gasteiger partial charge in [-0.1, -0.05) is 118 Å². The molecule has 2 N–H and O–H groups in total. The van der Waals surface area contributed by atoms with E-state index in [0.717, 1.165) is 80.0 Å². The summed E-state index contributed by atoms with van der Waals surface area (Å²) in [5.74, 6) is 2.00. The fourth-order valence-electron chi connectivity index (χ4n) is 6.05. The molecule has 0 heterocycles. The van der Waals surface area contributed by atoms with Gasteiger partial charge in [-0.05, 0) is 133 Å². The molecule has 5 aromatic rings. The highest BCUT2D eigenvalue weighted by molar-refractivity contribution is 5.87. The second-order valence-electron chi connectivity index (χ2n) is 13.3. The third kappa shape index (κ3) is 14.8. The van der Waals surface area contributed by atoms with Crippen LogP contribution in [0.15, 0.2) is 115 Å². The van der Waals surface area contributed by atoms with Crippen molar-refractivity contribution < 1.29 is 19.7 Å². The Morgan fingerprint density at radius 1 is 0.589 bits per heavy atom.